The first kappa shape index (κ1) is 17.4. The fourth-order valence-electron chi connectivity index (χ4n) is 2.61. The van der Waals surface area contributed by atoms with Crippen LogP contribution < -0.4 is 10.6 Å². The van der Waals surface area contributed by atoms with E-state index < -0.39 is 23.3 Å². The second-order valence-corrected chi connectivity index (χ2v) is 5.61. The molecule has 0 unspecified atom stereocenters. The maximum Gasteiger partial charge on any atom is 0.417 e. The van der Waals surface area contributed by atoms with Crippen LogP contribution >= 0.6 is 0 Å². The standard InChI is InChI=1S/C18H13F3N4O/c1-11-7-8-25-15(11)3-2-4-16(25)24-17(26)23-13-6-5-12(10-22)14(9-13)18(19,20)21/h2-9H,1H3,(H2,23,24,26). The zero-order valence-corrected chi connectivity index (χ0v) is 13.6. The molecule has 1 aromatic carbocycles. The summed E-state index contributed by atoms with van der Waals surface area (Å²) in [7, 11) is 0. The molecule has 3 aromatic rings. The lowest BCUT2D eigenvalue weighted by Gasteiger charge is -2.13. The average molecular weight is 358 g/mol. The molecule has 5 nitrogen and oxygen atoms in total. The SMILES string of the molecule is Cc1ccn2c(NC(=O)Nc3ccc(C#N)c(C(F)(F)F)c3)cccc12. The van der Waals surface area contributed by atoms with Crippen molar-refractivity contribution in [2.24, 2.45) is 0 Å². The van der Waals surface area contributed by atoms with E-state index in [1.54, 1.807) is 22.7 Å². The molecule has 2 heterocycles. The number of carbonyl (C=O) groups is 1. The van der Waals surface area contributed by atoms with E-state index in [9.17, 15) is 18.0 Å². The van der Waals surface area contributed by atoms with E-state index >= 15 is 0 Å². The lowest BCUT2D eigenvalue weighted by atomic mass is 10.1. The number of pyridine rings is 1. The maximum atomic E-state index is 13.0. The molecule has 2 aromatic heterocycles. The number of halogens is 3. The van der Waals surface area contributed by atoms with Crippen LogP contribution in [0.3, 0.4) is 0 Å². The molecule has 0 aliphatic rings. The molecule has 132 valence electrons. The molecular weight excluding hydrogens is 345 g/mol. The van der Waals surface area contributed by atoms with Crippen molar-refractivity contribution in [2.75, 3.05) is 10.6 Å². The summed E-state index contributed by atoms with van der Waals surface area (Å²) in [5.74, 6) is 0.470. The molecule has 0 saturated carbocycles. The molecule has 8 heteroatoms. The van der Waals surface area contributed by atoms with Gasteiger partial charge in [0.15, 0.2) is 0 Å². The van der Waals surface area contributed by atoms with Crippen LogP contribution in [-0.4, -0.2) is 10.4 Å². The number of nitrogens with zero attached hydrogens (tertiary/aromatic N) is 2. The van der Waals surface area contributed by atoms with Gasteiger partial charge in [0, 0.05) is 17.4 Å². The van der Waals surface area contributed by atoms with E-state index in [4.69, 9.17) is 5.26 Å². The second kappa shape index (κ2) is 6.44. The third kappa shape index (κ3) is 3.32. The number of anilines is 2. The molecule has 0 atom stereocenters. The van der Waals surface area contributed by atoms with Crippen molar-refractivity contribution in [3.05, 3.63) is 65.4 Å². The molecule has 0 aliphatic heterocycles. The lowest BCUT2D eigenvalue weighted by molar-refractivity contribution is -0.137. The number of nitrogens with one attached hydrogen (secondary N) is 2. The van der Waals surface area contributed by atoms with Crippen molar-refractivity contribution in [2.45, 2.75) is 13.1 Å². The molecule has 3 rings (SSSR count). The number of aryl methyl sites for hydroxylation is 1. The van der Waals surface area contributed by atoms with Crippen LogP contribution in [0.5, 0.6) is 0 Å². The van der Waals surface area contributed by atoms with Crippen LogP contribution in [0.4, 0.5) is 29.5 Å². The van der Waals surface area contributed by atoms with Gasteiger partial charge in [-0.15, -0.1) is 0 Å². The third-order valence-corrected chi connectivity index (χ3v) is 3.85. The molecule has 0 bridgehead atoms. The molecule has 0 spiro atoms. The Morgan fingerprint density at radius 3 is 2.62 bits per heavy atom. The van der Waals surface area contributed by atoms with Gasteiger partial charge in [-0.3, -0.25) is 5.32 Å². The largest absolute Gasteiger partial charge is 0.417 e. The van der Waals surface area contributed by atoms with Crippen LogP contribution in [-0.2, 0) is 6.18 Å². The second-order valence-electron chi connectivity index (χ2n) is 5.61. The Hall–Kier alpha value is -3.47. The number of benzene rings is 1. The molecule has 26 heavy (non-hydrogen) atoms. The number of carbonyl (C=O) groups excluding carboxylic acids is 1. The summed E-state index contributed by atoms with van der Waals surface area (Å²) in [6.45, 7) is 1.93. The number of hydrogen-bond acceptors (Lipinski definition) is 2. The maximum absolute atomic E-state index is 13.0. The van der Waals surface area contributed by atoms with E-state index in [1.165, 1.54) is 12.1 Å². The highest BCUT2D eigenvalue weighted by atomic mass is 19.4. The third-order valence-electron chi connectivity index (χ3n) is 3.85. The van der Waals surface area contributed by atoms with Gasteiger partial charge < -0.3 is 9.72 Å². The topological polar surface area (TPSA) is 69.3 Å². The van der Waals surface area contributed by atoms with Crippen molar-refractivity contribution >= 4 is 23.1 Å². The Kier molecular flexibility index (Phi) is 4.30. The summed E-state index contributed by atoms with van der Waals surface area (Å²) in [4.78, 5) is 12.2. The fourth-order valence-corrected chi connectivity index (χ4v) is 2.61. The van der Waals surface area contributed by atoms with Crippen LogP contribution in [0.15, 0.2) is 48.7 Å². The van der Waals surface area contributed by atoms with Gasteiger partial charge in [0.1, 0.15) is 5.82 Å². The number of alkyl halides is 3. The Labute approximate surface area is 146 Å². The highest BCUT2D eigenvalue weighted by Gasteiger charge is 2.34. The van der Waals surface area contributed by atoms with Crippen LogP contribution in [0.2, 0.25) is 0 Å². The smallest absolute Gasteiger partial charge is 0.308 e. The summed E-state index contributed by atoms with van der Waals surface area (Å²) >= 11 is 0. The molecule has 2 N–H and O–H groups in total. The molecule has 2 amide bonds. The van der Waals surface area contributed by atoms with Gasteiger partial charge in [-0.1, -0.05) is 6.07 Å². The van der Waals surface area contributed by atoms with Crippen molar-refractivity contribution in [3.63, 3.8) is 0 Å². The summed E-state index contributed by atoms with van der Waals surface area (Å²) in [5.41, 5.74) is 0.262. The van der Waals surface area contributed by atoms with Gasteiger partial charge in [-0.25, -0.2) is 4.79 Å². The number of rotatable bonds is 2. The normalized spacial score (nSPS) is 11.2. The lowest BCUT2D eigenvalue weighted by Crippen LogP contribution is -2.21. The minimum absolute atomic E-state index is 0.0651. The predicted molar refractivity (Wildman–Crippen MR) is 90.9 cm³/mol. The number of nitriles is 1. The molecular formula is C18H13F3N4O. The zero-order chi connectivity index (χ0) is 18.9. The van der Waals surface area contributed by atoms with Crippen molar-refractivity contribution < 1.29 is 18.0 Å². The first-order valence-electron chi connectivity index (χ1n) is 7.55. The summed E-state index contributed by atoms with van der Waals surface area (Å²) in [6.07, 6.45) is -2.91. The number of aromatic nitrogens is 1. The number of fused-ring (bicyclic) bond motifs is 1. The Morgan fingerprint density at radius 2 is 1.92 bits per heavy atom. The molecule has 0 aliphatic carbocycles. The van der Waals surface area contributed by atoms with Gasteiger partial charge >= 0.3 is 12.2 Å². The van der Waals surface area contributed by atoms with Gasteiger partial charge in [-0.2, -0.15) is 18.4 Å². The van der Waals surface area contributed by atoms with Crippen molar-refractivity contribution in [3.8, 4) is 6.07 Å². The average Bonchev–Trinajstić information content (AvgIpc) is 2.96. The molecule has 0 fully saturated rings. The minimum atomic E-state index is -4.69. The van der Waals surface area contributed by atoms with E-state index in [0.29, 0.717) is 5.82 Å². The van der Waals surface area contributed by atoms with Gasteiger partial charge in [0.2, 0.25) is 0 Å². The van der Waals surface area contributed by atoms with Crippen molar-refractivity contribution in [1.29, 1.82) is 5.26 Å². The summed E-state index contributed by atoms with van der Waals surface area (Å²) < 4.78 is 40.7. The fraction of sp³-hybridized carbons (Fsp3) is 0.111. The highest BCUT2D eigenvalue weighted by Crippen LogP contribution is 2.33. The number of amides is 2. The first-order valence-corrected chi connectivity index (χ1v) is 7.55. The quantitative estimate of drug-likeness (QED) is 0.692. The number of hydrogen-bond donors (Lipinski definition) is 2. The van der Waals surface area contributed by atoms with Crippen LogP contribution in [0, 0.1) is 18.3 Å². The van der Waals surface area contributed by atoms with Crippen LogP contribution in [0.1, 0.15) is 16.7 Å². The Balaban J connectivity index is 1.83. The highest BCUT2D eigenvalue weighted by molar-refractivity contribution is 5.99. The summed E-state index contributed by atoms with van der Waals surface area (Å²) in [6, 6.07) is 11.0. The zero-order valence-electron chi connectivity index (χ0n) is 13.6. The Bertz CT molecular complexity index is 1030. The van der Waals surface area contributed by atoms with E-state index in [-0.39, 0.29) is 5.69 Å². The van der Waals surface area contributed by atoms with E-state index in [1.807, 2.05) is 19.1 Å². The van der Waals surface area contributed by atoms with E-state index in [2.05, 4.69) is 10.6 Å². The van der Waals surface area contributed by atoms with Crippen LogP contribution in [0.25, 0.3) is 5.52 Å². The number of urea groups is 1. The van der Waals surface area contributed by atoms with Gasteiger partial charge in [0.05, 0.1) is 17.2 Å². The van der Waals surface area contributed by atoms with Crippen molar-refractivity contribution in [1.82, 2.24) is 4.40 Å². The van der Waals surface area contributed by atoms with Gasteiger partial charge in [0.25, 0.3) is 0 Å². The molecule has 0 saturated heterocycles. The Morgan fingerprint density at radius 1 is 1.15 bits per heavy atom. The first-order chi connectivity index (χ1) is 12.3. The van der Waals surface area contributed by atoms with Gasteiger partial charge in [-0.05, 0) is 48.9 Å². The molecule has 0 radical (unpaired) electrons. The summed E-state index contributed by atoms with van der Waals surface area (Å²) in [5, 5.41) is 13.8. The van der Waals surface area contributed by atoms with E-state index in [0.717, 1.165) is 23.2 Å². The predicted octanol–water partition coefficient (Wildman–Crippen LogP) is 4.78. The monoisotopic (exact) mass is 358 g/mol. The minimum Gasteiger partial charge on any atom is -0.308 e.